The summed E-state index contributed by atoms with van der Waals surface area (Å²) in [5.74, 6) is 0. The van der Waals surface area contributed by atoms with E-state index in [9.17, 15) is 0 Å². The normalized spacial score (nSPS) is 18.6. The molecule has 0 atom stereocenters. The van der Waals surface area contributed by atoms with E-state index in [0.717, 1.165) is 0 Å². The van der Waals surface area contributed by atoms with Crippen molar-refractivity contribution < 1.29 is 0 Å². The number of nitrogens with zero attached hydrogens (tertiary/aromatic N) is 1. The summed E-state index contributed by atoms with van der Waals surface area (Å²) in [4.78, 5) is 2.54. The van der Waals surface area contributed by atoms with Crippen LogP contribution in [0.25, 0.3) is 0 Å². The Kier molecular flexibility index (Phi) is 1.11. The van der Waals surface area contributed by atoms with Gasteiger partial charge in [-0.3, -0.25) is 0 Å². The first-order valence-electron chi connectivity index (χ1n) is 4.72. The first kappa shape index (κ1) is 6.53. The van der Waals surface area contributed by atoms with Crippen molar-refractivity contribution in [2.24, 2.45) is 0 Å². The molecule has 0 unspecified atom stereocenters. The SMILES string of the molecule is Cc1ccc2c3c1CCN3CC2. The van der Waals surface area contributed by atoms with E-state index in [2.05, 4.69) is 24.0 Å². The maximum atomic E-state index is 2.54. The van der Waals surface area contributed by atoms with Crippen LogP contribution in [0.3, 0.4) is 0 Å². The third kappa shape index (κ3) is 0.644. The average Bonchev–Trinajstić information content (AvgIpc) is 2.61. The molecule has 2 aliphatic rings. The summed E-state index contributed by atoms with van der Waals surface area (Å²) in [5, 5.41) is 0. The molecular weight excluding hydrogens is 146 g/mol. The fraction of sp³-hybridized carbons (Fsp3) is 0.455. The van der Waals surface area contributed by atoms with Gasteiger partial charge >= 0.3 is 0 Å². The minimum atomic E-state index is 1.26. The van der Waals surface area contributed by atoms with Crippen LogP contribution in [-0.4, -0.2) is 13.1 Å². The molecule has 0 amide bonds. The molecule has 0 saturated heterocycles. The van der Waals surface area contributed by atoms with Crippen LogP contribution in [0.15, 0.2) is 12.1 Å². The lowest BCUT2D eigenvalue weighted by Crippen LogP contribution is -2.17. The van der Waals surface area contributed by atoms with Crippen LogP contribution < -0.4 is 4.90 Å². The van der Waals surface area contributed by atoms with Gasteiger partial charge in [-0.2, -0.15) is 0 Å². The maximum absolute atomic E-state index is 2.54. The number of hydrogen-bond donors (Lipinski definition) is 0. The Bertz CT molecular complexity index is 341. The first-order chi connectivity index (χ1) is 5.86. The highest BCUT2D eigenvalue weighted by Crippen LogP contribution is 2.38. The minimum Gasteiger partial charge on any atom is -0.370 e. The lowest BCUT2D eigenvalue weighted by molar-refractivity contribution is 0.854. The number of hydrogen-bond acceptors (Lipinski definition) is 1. The summed E-state index contributed by atoms with van der Waals surface area (Å²) in [6, 6.07) is 4.59. The Balaban J connectivity index is 2.32. The molecule has 1 aromatic carbocycles. The van der Waals surface area contributed by atoms with Crippen LogP contribution >= 0.6 is 0 Å². The molecule has 0 fully saturated rings. The molecule has 0 aromatic heterocycles. The molecule has 0 N–H and O–H groups in total. The van der Waals surface area contributed by atoms with Crippen LogP contribution in [0.5, 0.6) is 0 Å². The molecule has 0 aliphatic carbocycles. The van der Waals surface area contributed by atoms with E-state index in [4.69, 9.17) is 0 Å². The van der Waals surface area contributed by atoms with E-state index in [1.807, 2.05) is 0 Å². The van der Waals surface area contributed by atoms with E-state index in [1.54, 1.807) is 16.8 Å². The summed E-state index contributed by atoms with van der Waals surface area (Å²) >= 11 is 0. The third-order valence-electron chi connectivity index (χ3n) is 3.20. The van der Waals surface area contributed by atoms with Gasteiger partial charge in [-0.15, -0.1) is 0 Å². The number of benzene rings is 1. The van der Waals surface area contributed by atoms with Crippen molar-refractivity contribution in [2.45, 2.75) is 19.8 Å². The fourth-order valence-corrected chi connectivity index (χ4v) is 2.53. The van der Waals surface area contributed by atoms with Crippen LogP contribution in [0.2, 0.25) is 0 Å². The van der Waals surface area contributed by atoms with Crippen LogP contribution in [0.4, 0.5) is 5.69 Å². The fourth-order valence-electron chi connectivity index (χ4n) is 2.53. The zero-order valence-electron chi connectivity index (χ0n) is 7.43. The Hall–Kier alpha value is -0.980. The van der Waals surface area contributed by atoms with Crippen molar-refractivity contribution in [1.29, 1.82) is 0 Å². The Morgan fingerprint density at radius 1 is 1.17 bits per heavy atom. The van der Waals surface area contributed by atoms with E-state index < -0.39 is 0 Å². The standard InChI is InChI=1S/C11H13N/c1-8-2-3-9-4-6-12-7-5-10(8)11(9)12/h2-3H,4-7H2,1H3. The predicted molar refractivity (Wildman–Crippen MR) is 50.8 cm³/mol. The van der Waals surface area contributed by atoms with Gasteiger partial charge in [0.15, 0.2) is 0 Å². The van der Waals surface area contributed by atoms with Crippen LogP contribution in [-0.2, 0) is 12.8 Å². The highest BCUT2D eigenvalue weighted by Gasteiger charge is 2.27. The van der Waals surface area contributed by atoms with Gasteiger partial charge in [0.2, 0.25) is 0 Å². The van der Waals surface area contributed by atoms with Gasteiger partial charge in [0, 0.05) is 18.8 Å². The second-order valence-electron chi connectivity index (χ2n) is 3.86. The monoisotopic (exact) mass is 159 g/mol. The third-order valence-corrected chi connectivity index (χ3v) is 3.20. The van der Waals surface area contributed by atoms with Crippen LogP contribution in [0.1, 0.15) is 16.7 Å². The topological polar surface area (TPSA) is 3.24 Å². The van der Waals surface area contributed by atoms with Crippen molar-refractivity contribution >= 4 is 5.69 Å². The molecule has 2 aliphatic heterocycles. The van der Waals surface area contributed by atoms with Gasteiger partial charge in [0.1, 0.15) is 0 Å². The number of anilines is 1. The number of rotatable bonds is 0. The van der Waals surface area contributed by atoms with Gasteiger partial charge < -0.3 is 4.90 Å². The second-order valence-corrected chi connectivity index (χ2v) is 3.86. The van der Waals surface area contributed by atoms with Crippen molar-refractivity contribution in [1.82, 2.24) is 0 Å². The molecule has 0 radical (unpaired) electrons. The predicted octanol–water partition coefficient (Wildman–Crippen LogP) is 1.91. The van der Waals surface area contributed by atoms with Crippen LogP contribution in [0, 0.1) is 6.92 Å². The molecule has 0 spiro atoms. The largest absolute Gasteiger partial charge is 0.370 e. The lowest BCUT2D eigenvalue weighted by Gasteiger charge is -2.11. The Morgan fingerprint density at radius 3 is 2.92 bits per heavy atom. The molecular formula is C11H13N. The molecule has 2 heterocycles. The summed E-state index contributed by atoms with van der Waals surface area (Å²) in [5.41, 5.74) is 6.26. The summed E-state index contributed by atoms with van der Waals surface area (Å²) < 4.78 is 0. The van der Waals surface area contributed by atoms with Gasteiger partial charge in [-0.1, -0.05) is 12.1 Å². The zero-order valence-corrected chi connectivity index (χ0v) is 7.43. The summed E-state index contributed by atoms with van der Waals surface area (Å²) in [7, 11) is 0. The molecule has 1 heteroatoms. The highest BCUT2D eigenvalue weighted by molar-refractivity contribution is 5.68. The molecule has 0 saturated carbocycles. The van der Waals surface area contributed by atoms with E-state index in [1.165, 1.54) is 31.5 Å². The average molecular weight is 159 g/mol. The molecule has 62 valence electrons. The molecule has 1 nitrogen and oxygen atoms in total. The van der Waals surface area contributed by atoms with Crippen molar-refractivity contribution in [3.05, 3.63) is 28.8 Å². The zero-order chi connectivity index (χ0) is 8.13. The van der Waals surface area contributed by atoms with Gasteiger partial charge in [-0.25, -0.2) is 0 Å². The number of aryl methyl sites for hydroxylation is 1. The Morgan fingerprint density at radius 2 is 2.00 bits per heavy atom. The lowest BCUT2D eigenvalue weighted by atomic mass is 10.0. The maximum Gasteiger partial charge on any atom is 0.0435 e. The quantitative estimate of drug-likeness (QED) is 0.559. The van der Waals surface area contributed by atoms with E-state index in [-0.39, 0.29) is 0 Å². The summed E-state index contributed by atoms with van der Waals surface area (Å²) in [6.45, 7) is 4.75. The molecule has 0 bridgehead atoms. The van der Waals surface area contributed by atoms with Gasteiger partial charge in [0.05, 0.1) is 0 Å². The minimum absolute atomic E-state index is 1.26. The van der Waals surface area contributed by atoms with Crippen molar-refractivity contribution in [3.63, 3.8) is 0 Å². The molecule has 3 rings (SSSR count). The van der Waals surface area contributed by atoms with Gasteiger partial charge in [0.25, 0.3) is 0 Å². The first-order valence-corrected chi connectivity index (χ1v) is 4.72. The van der Waals surface area contributed by atoms with Crippen molar-refractivity contribution in [2.75, 3.05) is 18.0 Å². The van der Waals surface area contributed by atoms with Gasteiger partial charge in [-0.05, 0) is 36.5 Å². The van der Waals surface area contributed by atoms with E-state index >= 15 is 0 Å². The molecule has 1 aromatic rings. The molecule has 12 heavy (non-hydrogen) atoms. The smallest absolute Gasteiger partial charge is 0.0435 e. The summed E-state index contributed by atoms with van der Waals surface area (Å²) in [6.07, 6.45) is 2.54. The highest BCUT2D eigenvalue weighted by atomic mass is 15.2. The van der Waals surface area contributed by atoms with E-state index in [0.29, 0.717) is 0 Å². The second kappa shape index (κ2) is 2.03. The Labute approximate surface area is 73.0 Å². The van der Waals surface area contributed by atoms with Crippen molar-refractivity contribution in [3.8, 4) is 0 Å².